The second kappa shape index (κ2) is 14.3. The number of fused-ring (bicyclic) bond motifs is 5. The Morgan fingerprint density at radius 2 is 1.70 bits per heavy atom. The van der Waals surface area contributed by atoms with Crippen molar-refractivity contribution in [3.63, 3.8) is 0 Å². The molecule has 4 aliphatic rings. The van der Waals surface area contributed by atoms with E-state index in [2.05, 4.69) is 5.32 Å². The molecule has 0 aromatic heterocycles. The van der Waals surface area contributed by atoms with E-state index < -0.39 is 82.2 Å². The number of ketones is 1. The van der Waals surface area contributed by atoms with Crippen molar-refractivity contribution in [1.82, 2.24) is 5.32 Å². The van der Waals surface area contributed by atoms with E-state index in [-0.39, 0.29) is 121 Å². The minimum atomic E-state index is -1.73. The fourth-order valence-electron chi connectivity index (χ4n) is 8.63. The molecule has 3 fully saturated rings. The number of esters is 1. The molecular weight excluding hydrogens is 996 g/mol. The Bertz CT molecular complexity index is 1260. The number of benzene rings is 1. The first kappa shape index (κ1) is 40.9. The Hall–Kier alpha value is 0.703. The summed E-state index contributed by atoms with van der Waals surface area (Å²) in [6.07, 6.45) is -6.37. The fraction of sp³-hybridized carbons (Fsp3) is 0.688. The Labute approximate surface area is 331 Å². The minimum absolute atomic E-state index is 0. The third-order valence-corrected chi connectivity index (χ3v) is 11.1. The average Bonchev–Trinajstić information content (AvgIpc) is 2.92. The molecule has 1 aromatic carbocycles. The van der Waals surface area contributed by atoms with Crippen molar-refractivity contribution < 1.29 is 133 Å². The Balaban J connectivity index is 0.00000225. The normalized spacial score (nSPS) is 40.1. The maximum Gasteiger partial charge on any atom is 0.337 e. The van der Waals surface area contributed by atoms with Crippen molar-refractivity contribution in [1.29, 1.82) is 0 Å². The smallest absolute Gasteiger partial charge is 0.337 e. The molecular formula is C32H47Ac2NO9. The molecule has 1 aromatic rings. The quantitative estimate of drug-likeness (QED) is 0.188. The zero-order valence-corrected chi connectivity index (χ0v) is 35.1. The molecule has 11 unspecified atom stereocenters. The monoisotopic (exact) mass is 1040 g/mol. The largest absolute Gasteiger partial charge is 0.456 e. The van der Waals surface area contributed by atoms with Crippen molar-refractivity contribution in [3.8, 4) is 0 Å². The van der Waals surface area contributed by atoms with Gasteiger partial charge in [-0.3, -0.25) is 4.79 Å². The number of carbonyl (C=O) groups is 2. The van der Waals surface area contributed by atoms with Gasteiger partial charge < -0.3 is 40.3 Å². The summed E-state index contributed by atoms with van der Waals surface area (Å²) in [4.78, 5) is 27.5. The molecule has 0 spiro atoms. The van der Waals surface area contributed by atoms with Crippen LogP contribution in [0.2, 0.25) is 0 Å². The number of carbonyl (C=O) groups excluding carboxylic acids is 2. The predicted molar refractivity (Wildman–Crippen MR) is 154 cm³/mol. The van der Waals surface area contributed by atoms with Gasteiger partial charge in [-0.05, 0) is 43.5 Å². The first-order chi connectivity index (χ1) is 19.1. The summed E-state index contributed by atoms with van der Waals surface area (Å²) in [5, 5.41) is 61.3. The van der Waals surface area contributed by atoms with Crippen LogP contribution in [-0.4, -0.2) is 92.7 Å². The Morgan fingerprint density at radius 1 is 1.11 bits per heavy atom. The van der Waals surface area contributed by atoms with Crippen molar-refractivity contribution in [2.24, 2.45) is 22.7 Å². The van der Waals surface area contributed by atoms with Gasteiger partial charge in [0.25, 0.3) is 0 Å². The van der Waals surface area contributed by atoms with Crippen LogP contribution in [0.25, 0.3) is 0 Å². The Kier molecular flexibility index (Phi) is 13.3. The maximum absolute atomic E-state index is 14.2. The van der Waals surface area contributed by atoms with Crippen molar-refractivity contribution >= 4 is 11.8 Å². The number of nitrogens with one attached hydrogen (secondary N) is 1. The topological polar surface area (TPSA) is 166 Å². The third kappa shape index (κ3) is 5.85. The van der Waals surface area contributed by atoms with Gasteiger partial charge in [0.1, 0.15) is 17.8 Å². The van der Waals surface area contributed by atoms with Gasteiger partial charge >= 0.3 is 5.97 Å². The molecule has 10 nitrogen and oxygen atoms in total. The van der Waals surface area contributed by atoms with Crippen molar-refractivity contribution in [3.05, 3.63) is 47.0 Å². The van der Waals surface area contributed by atoms with E-state index in [1.54, 1.807) is 65.9 Å². The van der Waals surface area contributed by atoms with E-state index in [4.69, 9.17) is 9.47 Å². The van der Waals surface area contributed by atoms with Crippen LogP contribution in [0.1, 0.15) is 66.5 Å². The first-order valence-electron chi connectivity index (χ1n) is 14.4. The van der Waals surface area contributed by atoms with Gasteiger partial charge in [0, 0.05) is 112 Å². The molecule has 2 bridgehead atoms. The second-order valence-electron chi connectivity index (χ2n) is 13.3. The molecule has 2 saturated carbocycles. The van der Waals surface area contributed by atoms with Crippen LogP contribution in [0.4, 0.5) is 0 Å². The van der Waals surface area contributed by atoms with E-state index in [0.29, 0.717) is 11.1 Å². The van der Waals surface area contributed by atoms with Gasteiger partial charge in [-0.1, -0.05) is 58.5 Å². The van der Waals surface area contributed by atoms with E-state index in [1.165, 1.54) is 0 Å². The number of Topliss-reactive ketones (excluding diaryl/α,β-unsaturated/α-hetero) is 1. The summed E-state index contributed by atoms with van der Waals surface area (Å²) in [6.45, 7) is 8.35. The van der Waals surface area contributed by atoms with Crippen LogP contribution < -0.4 is 5.32 Å². The van der Waals surface area contributed by atoms with Gasteiger partial charge in [0.05, 0.1) is 35.9 Å². The molecule has 5 rings (SSSR count). The average molecular weight is 1040 g/mol. The molecule has 44 heavy (non-hydrogen) atoms. The van der Waals surface area contributed by atoms with E-state index in [1.807, 2.05) is 6.07 Å². The number of aliphatic hydroxyl groups excluding tert-OH is 3. The van der Waals surface area contributed by atoms with Crippen LogP contribution in [0, 0.1) is 111 Å². The van der Waals surface area contributed by atoms with Crippen LogP contribution in [0.5, 0.6) is 0 Å². The summed E-state index contributed by atoms with van der Waals surface area (Å²) in [5.41, 5.74) is -4.64. The summed E-state index contributed by atoms with van der Waals surface area (Å²) in [7, 11) is 1.62. The third-order valence-electron chi connectivity index (χ3n) is 11.1. The van der Waals surface area contributed by atoms with Gasteiger partial charge in [-0.2, -0.15) is 0 Å². The first-order valence-corrected chi connectivity index (χ1v) is 14.4. The summed E-state index contributed by atoms with van der Waals surface area (Å²) < 4.78 is 11.4. The summed E-state index contributed by atoms with van der Waals surface area (Å²) in [6, 6.07) is 8.20. The van der Waals surface area contributed by atoms with Crippen LogP contribution >= 0.6 is 0 Å². The molecule has 1 aliphatic heterocycles. The van der Waals surface area contributed by atoms with Crippen LogP contribution in [0.15, 0.2) is 41.5 Å². The molecule has 2 radical (unpaired) electrons. The Morgan fingerprint density at radius 3 is 2.23 bits per heavy atom. The number of ether oxygens (including phenoxy) is 2. The molecule has 0 amide bonds. The molecule has 1 heterocycles. The standard InChI is InChI=1S/C31H43NO9.CH4.2Ac/c1-15-18(41-27(37)24(35)22(32-6)17-10-8-7-9-11-17)13-31(39)16(2)25-29(5,19(33)12-20-30(25,38)14-40-20)26(36)23(34)21(15)28(31,3)4;;;/h7-11,16,18-20,22-25,32-35,38-39H,12-14H2,1-6H3;1H4;;. The van der Waals surface area contributed by atoms with Gasteiger partial charge in [0.15, 0.2) is 11.9 Å². The zero-order chi connectivity index (χ0) is 30.3. The van der Waals surface area contributed by atoms with Crippen molar-refractivity contribution in [2.75, 3.05) is 13.7 Å². The summed E-state index contributed by atoms with van der Waals surface area (Å²) in [5.74, 6) is -3.34. The second-order valence-corrected chi connectivity index (χ2v) is 13.3. The van der Waals surface area contributed by atoms with Gasteiger partial charge in [-0.25, -0.2) is 4.79 Å². The molecule has 6 N–H and O–H groups in total. The van der Waals surface area contributed by atoms with Gasteiger partial charge in [-0.15, -0.1) is 0 Å². The molecule has 240 valence electrons. The van der Waals surface area contributed by atoms with Crippen LogP contribution in [0.3, 0.4) is 0 Å². The molecule has 1 saturated heterocycles. The molecule has 12 heteroatoms. The molecule has 3 aliphatic carbocycles. The maximum atomic E-state index is 14.2. The number of hydrogen-bond acceptors (Lipinski definition) is 10. The zero-order valence-electron chi connectivity index (χ0n) is 25.7. The number of likely N-dealkylation sites (N-methyl/N-ethyl adjacent to an activating group) is 1. The van der Waals surface area contributed by atoms with Gasteiger partial charge in [0.2, 0.25) is 0 Å². The van der Waals surface area contributed by atoms with E-state index in [9.17, 15) is 35.1 Å². The molecule has 11 atom stereocenters. The SMILES string of the molecule is C.CNC(c1ccccc1)C(O)C(=O)OC1CC2(O)C(C)C3C4(O)COC4CC(O)C3(C)C(=O)C(O)C(=C1C)C2(C)C.[Ac].[Ac]. The number of aliphatic hydroxyl groups is 5. The number of rotatable bonds is 5. The number of hydrogen-bond donors (Lipinski definition) is 6. The van der Waals surface area contributed by atoms with E-state index >= 15 is 0 Å². The predicted octanol–water partition coefficient (Wildman–Crippen LogP) is 1.43. The fourth-order valence-corrected chi connectivity index (χ4v) is 8.63. The summed E-state index contributed by atoms with van der Waals surface area (Å²) >= 11 is 0. The van der Waals surface area contributed by atoms with E-state index in [0.717, 1.165) is 0 Å². The van der Waals surface area contributed by atoms with Crippen molar-refractivity contribution in [2.45, 2.75) is 103 Å². The minimum Gasteiger partial charge on any atom is -0.456 e. The van der Waals surface area contributed by atoms with Crippen LogP contribution in [-0.2, 0) is 19.1 Å².